The molecule has 0 saturated heterocycles. The molecule has 4 nitrogen and oxygen atoms in total. The summed E-state index contributed by atoms with van der Waals surface area (Å²) in [6.45, 7) is 1.87. The van der Waals surface area contributed by atoms with Gasteiger partial charge in [0.25, 0.3) is 5.56 Å². The topological polar surface area (TPSA) is 55.1 Å². The quantitative estimate of drug-likeness (QED) is 0.945. The molecule has 118 valence electrons. The Labute approximate surface area is 128 Å². The lowest BCUT2D eigenvalue weighted by Gasteiger charge is -2.16. The van der Waals surface area contributed by atoms with Gasteiger partial charge in [-0.25, -0.2) is 9.37 Å². The molecule has 1 N–H and O–H groups in total. The Bertz CT molecular complexity index is 735. The molecule has 1 aromatic heterocycles. The van der Waals surface area contributed by atoms with E-state index in [2.05, 4.69) is 4.98 Å². The molecule has 0 aliphatic heterocycles. The molecule has 0 radical (unpaired) electrons. The van der Waals surface area contributed by atoms with Gasteiger partial charge in [0, 0.05) is 6.07 Å². The Hall–Kier alpha value is -1.75. The first-order valence-electron chi connectivity index (χ1n) is 7.88. The second kappa shape index (κ2) is 6.16. The minimum atomic E-state index is -0.540. The zero-order valence-corrected chi connectivity index (χ0v) is 12.8. The fourth-order valence-electron chi connectivity index (χ4n) is 3.35. The maximum Gasteiger partial charge on any atom is 0.261 e. The second-order valence-electron chi connectivity index (χ2n) is 6.36. The van der Waals surface area contributed by atoms with E-state index in [0.717, 1.165) is 6.42 Å². The van der Waals surface area contributed by atoms with E-state index in [0.29, 0.717) is 22.4 Å². The molecule has 22 heavy (non-hydrogen) atoms. The highest BCUT2D eigenvalue weighted by Crippen LogP contribution is 2.28. The highest BCUT2D eigenvalue weighted by Gasteiger charge is 2.19. The van der Waals surface area contributed by atoms with Crippen LogP contribution < -0.4 is 5.56 Å². The Morgan fingerprint density at radius 3 is 2.86 bits per heavy atom. The molecule has 2 aromatic rings. The molecule has 1 fully saturated rings. The molecule has 1 aromatic carbocycles. The summed E-state index contributed by atoms with van der Waals surface area (Å²) in [5.41, 5.74) is 0.559. The summed E-state index contributed by atoms with van der Waals surface area (Å²) >= 11 is 0. The van der Waals surface area contributed by atoms with Gasteiger partial charge in [-0.3, -0.25) is 9.36 Å². The van der Waals surface area contributed by atoms with Crippen LogP contribution in [0.1, 0.15) is 37.7 Å². The van der Waals surface area contributed by atoms with E-state index in [1.165, 1.54) is 48.7 Å². The zero-order valence-electron chi connectivity index (χ0n) is 12.8. The summed E-state index contributed by atoms with van der Waals surface area (Å²) in [5.74, 6) is 0.203. The van der Waals surface area contributed by atoms with Crippen LogP contribution in [0.25, 0.3) is 10.9 Å². The van der Waals surface area contributed by atoms with Gasteiger partial charge < -0.3 is 5.11 Å². The van der Waals surface area contributed by atoms with E-state index in [1.807, 2.05) is 0 Å². The first-order chi connectivity index (χ1) is 10.5. The van der Waals surface area contributed by atoms with Crippen molar-refractivity contribution in [3.8, 4) is 0 Å². The Balaban J connectivity index is 1.83. The number of aliphatic hydroxyl groups excluding tert-OH is 1. The van der Waals surface area contributed by atoms with Crippen molar-refractivity contribution in [3.63, 3.8) is 0 Å². The van der Waals surface area contributed by atoms with E-state index in [1.54, 1.807) is 6.92 Å². The summed E-state index contributed by atoms with van der Waals surface area (Å²) in [6, 6.07) is 2.81. The van der Waals surface area contributed by atoms with E-state index in [4.69, 9.17) is 0 Å². The van der Waals surface area contributed by atoms with Gasteiger partial charge in [-0.05, 0) is 30.9 Å². The number of halogens is 1. The molecule has 1 aliphatic carbocycles. The third-order valence-corrected chi connectivity index (χ3v) is 4.59. The van der Waals surface area contributed by atoms with Crippen LogP contribution in [0.15, 0.2) is 23.3 Å². The first kappa shape index (κ1) is 15.2. The predicted molar refractivity (Wildman–Crippen MR) is 83.3 cm³/mol. The molecule has 0 amide bonds. The van der Waals surface area contributed by atoms with Crippen molar-refractivity contribution in [2.24, 2.45) is 5.92 Å². The second-order valence-corrected chi connectivity index (χ2v) is 6.36. The third kappa shape index (κ3) is 3.04. The smallest absolute Gasteiger partial charge is 0.261 e. The maximum atomic E-state index is 13.5. The van der Waals surface area contributed by atoms with Crippen molar-refractivity contribution in [3.05, 3.63) is 40.2 Å². The largest absolute Gasteiger partial charge is 0.391 e. The molecular formula is C17H21FN2O2. The Kier molecular flexibility index (Phi) is 4.25. The van der Waals surface area contributed by atoms with Gasteiger partial charge in [-0.1, -0.05) is 25.7 Å². The lowest BCUT2D eigenvalue weighted by molar-refractivity contribution is 0.123. The molecule has 3 rings (SSSR count). The summed E-state index contributed by atoms with van der Waals surface area (Å²) in [6.07, 6.45) is 6.39. The predicted octanol–water partition coefficient (Wildman–Crippen LogP) is 2.79. The van der Waals surface area contributed by atoms with Gasteiger partial charge in [0.2, 0.25) is 0 Å². The number of benzene rings is 1. The van der Waals surface area contributed by atoms with Crippen LogP contribution in [0.5, 0.6) is 0 Å². The summed E-state index contributed by atoms with van der Waals surface area (Å²) in [7, 11) is 0. The summed E-state index contributed by atoms with van der Waals surface area (Å²) in [4.78, 5) is 16.6. The number of rotatable bonds is 4. The lowest BCUT2D eigenvalue weighted by atomic mass is 10.00. The van der Waals surface area contributed by atoms with Crippen LogP contribution in [0.4, 0.5) is 4.39 Å². The molecule has 1 aliphatic rings. The fourth-order valence-corrected chi connectivity index (χ4v) is 3.35. The minimum absolute atomic E-state index is 0.224. The van der Waals surface area contributed by atoms with Crippen molar-refractivity contribution in [2.75, 3.05) is 0 Å². The maximum absolute atomic E-state index is 13.5. The number of aliphatic hydroxyl groups is 1. The van der Waals surface area contributed by atoms with Gasteiger partial charge in [0.1, 0.15) is 5.82 Å². The lowest BCUT2D eigenvalue weighted by Crippen LogP contribution is -2.28. The van der Waals surface area contributed by atoms with Gasteiger partial charge >= 0.3 is 0 Å². The molecule has 1 unspecified atom stereocenters. The van der Waals surface area contributed by atoms with Gasteiger partial charge in [0.05, 0.1) is 29.9 Å². The van der Waals surface area contributed by atoms with Gasteiger partial charge in [-0.15, -0.1) is 0 Å². The summed E-state index contributed by atoms with van der Waals surface area (Å²) < 4.78 is 15.0. The average Bonchev–Trinajstić information content (AvgIpc) is 2.97. The van der Waals surface area contributed by atoms with Crippen LogP contribution in [-0.2, 0) is 6.54 Å². The van der Waals surface area contributed by atoms with Crippen LogP contribution in [0, 0.1) is 18.7 Å². The minimum Gasteiger partial charge on any atom is -0.391 e. The van der Waals surface area contributed by atoms with E-state index in [-0.39, 0.29) is 17.9 Å². The SMILES string of the molecule is Cc1cc2c(=O)n(CC(O)CC3CCCC3)cnc2cc1F. The van der Waals surface area contributed by atoms with E-state index in [9.17, 15) is 14.3 Å². The number of nitrogens with zero attached hydrogens (tertiary/aromatic N) is 2. The molecule has 1 saturated carbocycles. The average molecular weight is 304 g/mol. The van der Waals surface area contributed by atoms with Crippen LogP contribution in [0.2, 0.25) is 0 Å². The van der Waals surface area contributed by atoms with Gasteiger partial charge in [0.15, 0.2) is 0 Å². The van der Waals surface area contributed by atoms with E-state index < -0.39 is 6.10 Å². The molecule has 1 heterocycles. The Morgan fingerprint density at radius 1 is 1.41 bits per heavy atom. The van der Waals surface area contributed by atoms with Crippen molar-refractivity contribution >= 4 is 10.9 Å². The molecule has 0 bridgehead atoms. The molecular weight excluding hydrogens is 283 g/mol. The third-order valence-electron chi connectivity index (χ3n) is 4.59. The number of hydrogen-bond donors (Lipinski definition) is 1. The number of aromatic nitrogens is 2. The zero-order chi connectivity index (χ0) is 15.7. The monoisotopic (exact) mass is 304 g/mol. The first-order valence-corrected chi connectivity index (χ1v) is 7.88. The fraction of sp³-hybridized carbons (Fsp3) is 0.529. The van der Waals surface area contributed by atoms with Crippen molar-refractivity contribution in [1.29, 1.82) is 0 Å². The number of fused-ring (bicyclic) bond motifs is 1. The number of hydrogen-bond acceptors (Lipinski definition) is 3. The highest BCUT2D eigenvalue weighted by atomic mass is 19.1. The van der Waals surface area contributed by atoms with Gasteiger partial charge in [-0.2, -0.15) is 0 Å². The number of aryl methyl sites for hydroxylation is 1. The molecule has 0 spiro atoms. The van der Waals surface area contributed by atoms with Crippen LogP contribution >= 0.6 is 0 Å². The van der Waals surface area contributed by atoms with Crippen LogP contribution in [0.3, 0.4) is 0 Å². The van der Waals surface area contributed by atoms with Crippen molar-refractivity contribution in [2.45, 2.75) is 51.7 Å². The van der Waals surface area contributed by atoms with Crippen LogP contribution in [-0.4, -0.2) is 20.8 Å². The Morgan fingerprint density at radius 2 is 2.14 bits per heavy atom. The molecule has 1 atom stereocenters. The van der Waals surface area contributed by atoms with Crippen molar-refractivity contribution < 1.29 is 9.50 Å². The highest BCUT2D eigenvalue weighted by molar-refractivity contribution is 5.78. The van der Waals surface area contributed by atoms with Crippen molar-refractivity contribution in [1.82, 2.24) is 9.55 Å². The molecule has 5 heteroatoms. The normalized spacial score (nSPS) is 17.2. The standard InChI is InChI=1S/C17H21FN2O2/c1-11-6-14-16(8-15(11)18)19-10-20(17(14)22)9-13(21)7-12-4-2-3-5-12/h6,8,10,12-13,21H,2-5,7,9H2,1H3. The summed E-state index contributed by atoms with van der Waals surface area (Å²) in [5, 5.41) is 10.6. The van der Waals surface area contributed by atoms with E-state index >= 15 is 0 Å².